The number of benzene rings is 1. The number of hydrogen-bond donors (Lipinski definition) is 2. The molecule has 9 heteroatoms. The predicted molar refractivity (Wildman–Crippen MR) is 87.5 cm³/mol. The molecule has 0 saturated heterocycles. The summed E-state index contributed by atoms with van der Waals surface area (Å²) < 4.78 is 39.4. The van der Waals surface area contributed by atoms with Crippen LogP contribution >= 0.6 is 0 Å². The smallest absolute Gasteiger partial charge is 0.422 e. The van der Waals surface area contributed by atoms with Gasteiger partial charge in [-0.1, -0.05) is 12.1 Å². The van der Waals surface area contributed by atoms with Gasteiger partial charge in [0.25, 0.3) is 0 Å². The quantitative estimate of drug-likeness (QED) is 0.696. The third kappa shape index (κ3) is 9.43. The molecule has 1 rings (SSSR count). The first kappa shape index (κ1) is 20.6. The van der Waals surface area contributed by atoms with E-state index in [1.54, 1.807) is 0 Å². The largest absolute Gasteiger partial charge is 0.440 e. The SMILES string of the molecule is CN(C)c1ccc(CCCNC(=O)CNC(=O)OCC(F)(F)F)cc1. The molecule has 0 saturated carbocycles. The topological polar surface area (TPSA) is 70.7 Å². The van der Waals surface area contributed by atoms with Gasteiger partial charge >= 0.3 is 12.3 Å². The van der Waals surface area contributed by atoms with Gasteiger partial charge in [0.05, 0.1) is 6.54 Å². The maximum Gasteiger partial charge on any atom is 0.422 e. The highest BCUT2D eigenvalue weighted by Gasteiger charge is 2.29. The number of aryl methyl sites for hydroxylation is 1. The number of halogens is 3. The minimum absolute atomic E-state index is 0.396. The third-order valence-corrected chi connectivity index (χ3v) is 3.18. The lowest BCUT2D eigenvalue weighted by Gasteiger charge is -2.12. The van der Waals surface area contributed by atoms with E-state index >= 15 is 0 Å². The van der Waals surface area contributed by atoms with Crippen LogP contribution in [0.5, 0.6) is 0 Å². The van der Waals surface area contributed by atoms with Crippen molar-refractivity contribution in [2.24, 2.45) is 0 Å². The number of alkyl halides is 3. The van der Waals surface area contributed by atoms with Crippen molar-refractivity contribution < 1.29 is 27.5 Å². The van der Waals surface area contributed by atoms with Crippen molar-refractivity contribution in [1.29, 1.82) is 0 Å². The monoisotopic (exact) mass is 361 g/mol. The number of carbonyl (C=O) groups is 2. The van der Waals surface area contributed by atoms with Crippen LogP contribution in [0.15, 0.2) is 24.3 Å². The molecule has 2 N–H and O–H groups in total. The Bertz CT molecular complexity index is 560. The van der Waals surface area contributed by atoms with E-state index in [4.69, 9.17) is 0 Å². The average Bonchev–Trinajstić information content (AvgIpc) is 2.54. The van der Waals surface area contributed by atoms with E-state index in [1.165, 1.54) is 0 Å². The lowest BCUT2D eigenvalue weighted by molar-refractivity contribution is -0.160. The van der Waals surface area contributed by atoms with Crippen LogP contribution in [0.25, 0.3) is 0 Å². The van der Waals surface area contributed by atoms with Crippen LogP contribution in [0.4, 0.5) is 23.7 Å². The molecule has 25 heavy (non-hydrogen) atoms. The van der Waals surface area contributed by atoms with Crippen LogP contribution in [-0.4, -0.2) is 52.0 Å². The van der Waals surface area contributed by atoms with Gasteiger partial charge in [0.2, 0.25) is 5.91 Å². The van der Waals surface area contributed by atoms with Gasteiger partial charge < -0.3 is 20.3 Å². The Labute approximate surface area is 144 Å². The van der Waals surface area contributed by atoms with Gasteiger partial charge in [-0.05, 0) is 30.5 Å². The minimum Gasteiger partial charge on any atom is -0.440 e. The van der Waals surface area contributed by atoms with Gasteiger partial charge in [-0.25, -0.2) is 4.79 Å². The fraction of sp³-hybridized carbons (Fsp3) is 0.500. The molecular weight excluding hydrogens is 339 g/mol. The van der Waals surface area contributed by atoms with E-state index in [9.17, 15) is 22.8 Å². The van der Waals surface area contributed by atoms with E-state index in [-0.39, 0.29) is 0 Å². The zero-order chi connectivity index (χ0) is 18.9. The number of alkyl carbamates (subject to hydrolysis) is 1. The molecule has 0 radical (unpaired) electrons. The standard InChI is InChI=1S/C16H22F3N3O3/c1-22(2)13-7-5-12(6-8-13)4-3-9-20-14(23)10-21-15(24)25-11-16(17,18)19/h5-8H,3-4,9-11H2,1-2H3,(H,20,23)(H,21,24). The normalized spacial score (nSPS) is 10.9. The predicted octanol–water partition coefficient (Wildman–Crippen LogP) is 2.09. The molecule has 0 fully saturated rings. The Balaban J connectivity index is 2.15. The summed E-state index contributed by atoms with van der Waals surface area (Å²) in [5.74, 6) is -0.494. The van der Waals surface area contributed by atoms with Crippen molar-refractivity contribution in [3.8, 4) is 0 Å². The molecule has 0 aliphatic carbocycles. The number of carbonyl (C=O) groups excluding carboxylic acids is 2. The Morgan fingerprint density at radius 1 is 1.12 bits per heavy atom. The number of ether oxygens (including phenoxy) is 1. The van der Waals surface area contributed by atoms with Crippen molar-refractivity contribution in [3.63, 3.8) is 0 Å². The van der Waals surface area contributed by atoms with E-state index in [0.717, 1.165) is 17.7 Å². The Morgan fingerprint density at radius 2 is 1.76 bits per heavy atom. The Hall–Kier alpha value is -2.45. The number of amides is 2. The molecule has 1 aromatic rings. The highest BCUT2D eigenvalue weighted by atomic mass is 19.4. The van der Waals surface area contributed by atoms with Crippen LogP contribution in [0, 0.1) is 0 Å². The van der Waals surface area contributed by atoms with Crippen LogP contribution in [0.3, 0.4) is 0 Å². The van der Waals surface area contributed by atoms with Crippen LogP contribution in [0.2, 0.25) is 0 Å². The maximum absolute atomic E-state index is 11.8. The van der Waals surface area contributed by atoms with E-state index in [0.29, 0.717) is 13.0 Å². The highest BCUT2D eigenvalue weighted by Crippen LogP contribution is 2.14. The second-order valence-corrected chi connectivity index (χ2v) is 5.56. The lowest BCUT2D eigenvalue weighted by Crippen LogP contribution is -2.38. The molecule has 140 valence electrons. The van der Waals surface area contributed by atoms with E-state index in [1.807, 2.05) is 48.6 Å². The summed E-state index contributed by atoms with van der Waals surface area (Å²) in [6.45, 7) is -1.73. The second kappa shape index (κ2) is 9.75. The minimum atomic E-state index is -4.59. The third-order valence-electron chi connectivity index (χ3n) is 3.18. The molecule has 0 heterocycles. The summed E-state index contributed by atoms with van der Waals surface area (Å²) in [6.07, 6.45) is -4.40. The van der Waals surface area contributed by atoms with Gasteiger partial charge in [0.15, 0.2) is 6.61 Å². The van der Waals surface area contributed by atoms with Crippen molar-refractivity contribution in [1.82, 2.24) is 10.6 Å². The summed E-state index contributed by atoms with van der Waals surface area (Å²) in [4.78, 5) is 24.4. The molecule has 0 aliphatic rings. The molecule has 0 bridgehead atoms. The van der Waals surface area contributed by atoms with Crippen molar-refractivity contribution >= 4 is 17.7 Å². The maximum atomic E-state index is 11.8. The van der Waals surface area contributed by atoms with Crippen LogP contribution in [-0.2, 0) is 16.0 Å². The fourth-order valence-corrected chi connectivity index (χ4v) is 1.89. The zero-order valence-electron chi connectivity index (χ0n) is 14.2. The molecule has 0 aromatic heterocycles. The highest BCUT2D eigenvalue weighted by molar-refractivity contribution is 5.82. The van der Waals surface area contributed by atoms with Gasteiger partial charge in [0.1, 0.15) is 0 Å². The average molecular weight is 361 g/mol. The molecule has 0 aliphatic heterocycles. The molecule has 2 amide bonds. The van der Waals surface area contributed by atoms with Gasteiger partial charge in [-0.2, -0.15) is 13.2 Å². The Kier molecular flexibility index (Phi) is 8.03. The van der Waals surface area contributed by atoms with Crippen molar-refractivity contribution in [3.05, 3.63) is 29.8 Å². The lowest BCUT2D eigenvalue weighted by atomic mass is 10.1. The van der Waals surface area contributed by atoms with Gasteiger partial charge in [0, 0.05) is 26.3 Å². The number of nitrogens with one attached hydrogen (secondary N) is 2. The van der Waals surface area contributed by atoms with Crippen LogP contribution in [0.1, 0.15) is 12.0 Å². The second-order valence-electron chi connectivity index (χ2n) is 5.56. The summed E-state index contributed by atoms with van der Waals surface area (Å²) in [6, 6.07) is 8.03. The molecule has 6 nitrogen and oxygen atoms in total. The molecule has 1 aromatic carbocycles. The summed E-state index contributed by atoms with van der Waals surface area (Å²) in [5.41, 5.74) is 2.23. The first-order chi connectivity index (χ1) is 11.7. The summed E-state index contributed by atoms with van der Waals surface area (Å²) >= 11 is 0. The van der Waals surface area contributed by atoms with E-state index < -0.39 is 31.3 Å². The number of hydrogen-bond acceptors (Lipinski definition) is 4. The zero-order valence-corrected chi connectivity index (χ0v) is 14.2. The number of anilines is 1. The summed E-state index contributed by atoms with van der Waals surface area (Å²) in [7, 11) is 3.91. The first-order valence-electron chi connectivity index (χ1n) is 7.68. The molecule has 0 spiro atoms. The number of nitrogens with zero attached hydrogens (tertiary/aromatic N) is 1. The van der Waals surface area contributed by atoms with Gasteiger partial charge in [-0.15, -0.1) is 0 Å². The number of rotatable bonds is 8. The first-order valence-corrected chi connectivity index (χ1v) is 7.68. The van der Waals surface area contributed by atoms with E-state index in [2.05, 4.69) is 10.1 Å². The Morgan fingerprint density at radius 3 is 2.32 bits per heavy atom. The van der Waals surface area contributed by atoms with Crippen molar-refractivity contribution in [2.75, 3.05) is 38.7 Å². The molecule has 0 atom stereocenters. The van der Waals surface area contributed by atoms with Gasteiger partial charge in [-0.3, -0.25) is 4.79 Å². The molecule has 0 unspecified atom stereocenters. The van der Waals surface area contributed by atoms with Crippen molar-refractivity contribution in [2.45, 2.75) is 19.0 Å². The van der Waals surface area contributed by atoms with Crippen LogP contribution < -0.4 is 15.5 Å². The summed E-state index contributed by atoms with van der Waals surface area (Å²) in [5, 5.41) is 4.52. The molecular formula is C16H22F3N3O3. The fourth-order valence-electron chi connectivity index (χ4n) is 1.89.